The van der Waals surface area contributed by atoms with E-state index in [4.69, 9.17) is 10.7 Å². The maximum Gasteiger partial charge on any atom is 0.241 e. The lowest BCUT2D eigenvalue weighted by Crippen LogP contribution is -2.45. The van der Waals surface area contributed by atoms with E-state index in [-0.39, 0.29) is 30.8 Å². The molecule has 1 aromatic carbocycles. The van der Waals surface area contributed by atoms with Crippen LogP contribution >= 0.6 is 0 Å². The van der Waals surface area contributed by atoms with Gasteiger partial charge in [0.2, 0.25) is 11.8 Å². The van der Waals surface area contributed by atoms with Gasteiger partial charge in [-0.25, -0.2) is 4.98 Å². The summed E-state index contributed by atoms with van der Waals surface area (Å²) in [6.45, 7) is 5.57. The van der Waals surface area contributed by atoms with Crippen LogP contribution in [0.3, 0.4) is 0 Å². The fourth-order valence-electron chi connectivity index (χ4n) is 3.67. The number of aromatic nitrogens is 2. The van der Waals surface area contributed by atoms with Crippen LogP contribution in [-0.4, -0.2) is 52.4 Å². The molecular formula is C19H27N5O2. The summed E-state index contributed by atoms with van der Waals surface area (Å²) in [6.07, 6.45) is 1.94. The van der Waals surface area contributed by atoms with Gasteiger partial charge in [-0.3, -0.25) is 9.59 Å². The number of amides is 2. The molecule has 1 unspecified atom stereocenters. The fourth-order valence-corrected chi connectivity index (χ4v) is 3.67. The first-order chi connectivity index (χ1) is 12.5. The van der Waals surface area contributed by atoms with E-state index >= 15 is 0 Å². The average Bonchev–Trinajstić information content (AvgIpc) is 3.05. The molecule has 7 heteroatoms. The van der Waals surface area contributed by atoms with Gasteiger partial charge in [0.25, 0.3) is 0 Å². The quantitative estimate of drug-likeness (QED) is 0.846. The number of para-hydroxylation sites is 2. The summed E-state index contributed by atoms with van der Waals surface area (Å²) in [6, 6.07) is 8.46. The SMILES string of the molecule is CC(C)n1c(C2CCCN(C(=O)CNC(=O)CN)C2)nc2ccccc21. The van der Waals surface area contributed by atoms with Crippen molar-refractivity contribution in [2.45, 2.75) is 38.6 Å². The summed E-state index contributed by atoms with van der Waals surface area (Å²) in [5, 5.41) is 2.56. The van der Waals surface area contributed by atoms with Crippen molar-refractivity contribution in [2.24, 2.45) is 5.73 Å². The van der Waals surface area contributed by atoms with Crippen LogP contribution in [-0.2, 0) is 9.59 Å². The van der Waals surface area contributed by atoms with E-state index in [1.54, 1.807) is 0 Å². The number of piperidine rings is 1. The summed E-state index contributed by atoms with van der Waals surface area (Å²) in [5.41, 5.74) is 7.40. The molecule has 0 saturated carbocycles. The number of likely N-dealkylation sites (tertiary alicyclic amines) is 1. The maximum atomic E-state index is 12.4. The van der Waals surface area contributed by atoms with Crippen molar-refractivity contribution in [3.05, 3.63) is 30.1 Å². The molecule has 0 aliphatic carbocycles. The Kier molecular flexibility index (Phi) is 5.56. The van der Waals surface area contributed by atoms with Gasteiger partial charge in [0.1, 0.15) is 5.82 Å². The summed E-state index contributed by atoms with van der Waals surface area (Å²) in [5.74, 6) is 0.870. The number of nitrogens with one attached hydrogen (secondary N) is 1. The Morgan fingerprint density at radius 3 is 2.85 bits per heavy atom. The normalized spacial score (nSPS) is 17.7. The molecule has 140 valence electrons. The highest BCUT2D eigenvalue weighted by Crippen LogP contribution is 2.31. The Morgan fingerprint density at radius 1 is 1.35 bits per heavy atom. The van der Waals surface area contributed by atoms with E-state index < -0.39 is 0 Å². The summed E-state index contributed by atoms with van der Waals surface area (Å²) in [7, 11) is 0. The number of hydrogen-bond donors (Lipinski definition) is 2. The predicted molar refractivity (Wildman–Crippen MR) is 101 cm³/mol. The largest absolute Gasteiger partial charge is 0.346 e. The van der Waals surface area contributed by atoms with Crippen molar-refractivity contribution in [1.82, 2.24) is 19.8 Å². The van der Waals surface area contributed by atoms with Gasteiger partial charge in [0, 0.05) is 25.0 Å². The second kappa shape index (κ2) is 7.86. The van der Waals surface area contributed by atoms with E-state index in [1.165, 1.54) is 0 Å². The van der Waals surface area contributed by atoms with Gasteiger partial charge in [-0.05, 0) is 38.8 Å². The minimum atomic E-state index is -0.312. The van der Waals surface area contributed by atoms with Crippen LogP contribution in [0.2, 0.25) is 0 Å². The first-order valence-electron chi connectivity index (χ1n) is 9.22. The molecule has 0 radical (unpaired) electrons. The number of imidazole rings is 1. The molecule has 2 heterocycles. The minimum absolute atomic E-state index is 0.00332. The van der Waals surface area contributed by atoms with E-state index in [9.17, 15) is 9.59 Å². The third-order valence-electron chi connectivity index (χ3n) is 4.90. The van der Waals surface area contributed by atoms with Gasteiger partial charge in [-0.15, -0.1) is 0 Å². The summed E-state index contributed by atoms with van der Waals surface area (Å²) >= 11 is 0. The molecule has 26 heavy (non-hydrogen) atoms. The third kappa shape index (κ3) is 3.72. The van der Waals surface area contributed by atoms with E-state index in [0.717, 1.165) is 36.2 Å². The standard InChI is InChI=1S/C19H27N5O2/c1-13(2)24-16-8-4-3-7-15(16)22-19(24)14-6-5-9-23(12-14)18(26)11-21-17(25)10-20/h3-4,7-8,13-14H,5-6,9-12,20H2,1-2H3,(H,21,25). The van der Waals surface area contributed by atoms with Crippen molar-refractivity contribution in [2.75, 3.05) is 26.2 Å². The van der Waals surface area contributed by atoms with Crippen molar-refractivity contribution in [1.29, 1.82) is 0 Å². The first-order valence-corrected chi connectivity index (χ1v) is 9.22. The summed E-state index contributed by atoms with van der Waals surface area (Å²) in [4.78, 5) is 30.4. The van der Waals surface area contributed by atoms with E-state index in [2.05, 4.69) is 29.8 Å². The van der Waals surface area contributed by atoms with Gasteiger partial charge in [-0.2, -0.15) is 0 Å². The van der Waals surface area contributed by atoms with E-state index in [1.807, 2.05) is 23.1 Å². The van der Waals surface area contributed by atoms with Crippen LogP contribution in [0.1, 0.15) is 44.5 Å². The number of nitrogens with zero attached hydrogens (tertiary/aromatic N) is 3. The molecule has 2 aromatic rings. The average molecular weight is 357 g/mol. The Bertz CT molecular complexity index is 798. The van der Waals surface area contributed by atoms with Crippen LogP contribution in [0, 0.1) is 0 Å². The molecule has 1 atom stereocenters. The van der Waals surface area contributed by atoms with Crippen LogP contribution < -0.4 is 11.1 Å². The van der Waals surface area contributed by atoms with Crippen LogP contribution in [0.5, 0.6) is 0 Å². The molecule has 0 bridgehead atoms. The van der Waals surface area contributed by atoms with Crippen LogP contribution in [0.25, 0.3) is 11.0 Å². The van der Waals surface area contributed by atoms with Crippen molar-refractivity contribution in [3.63, 3.8) is 0 Å². The highest BCUT2D eigenvalue weighted by Gasteiger charge is 2.29. The number of benzene rings is 1. The highest BCUT2D eigenvalue weighted by atomic mass is 16.2. The molecular weight excluding hydrogens is 330 g/mol. The van der Waals surface area contributed by atoms with Crippen LogP contribution in [0.4, 0.5) is 0 Å². The lowest BCUT2D eigenvalue weighted by molar-refractivity contribution is -0.133. The number of rotatable bonds is 5. The molecule has 2 amide bonds. The van der Waals surface area contributed by atoms with Gasteiger partial charge >= 0.3 is 0 Å². The van der Waals surface area contributed by atoms with Crippen LogP contribution in [0.15, 0.2) is 24.3 Å². The zero-order valence-corrected chi connectivity index (χ0v) is 15.4. The molecule has 1 saturated heterocycles. The third-order valence-corrected chi connectivity index (χ3v) is 4.90. The van der Waals surface area contributed by atoms with Crippen molar-refractivity contribution in [3.8, 4) is 0 Å². The van der Waals surface area contributed by atoms with Gasteiger partial charge < -0.3 is 20.5 Å². The Balaban J connectivity index is 1.79. The minimum Gasteiger partial charge on any atom is -0.346 e. The Labute approximate surface area is 153 Å². The molecule has 3 N–H and O–H groups in total. The topological polar surface area (TPSA) is 93.2 Å². The lowest BCUT2D eigenvalue weighted by atomic mass is 9.96. The molecule has 1 fully saturated rings. The maximum absolute atomic E-state index is 12.4. The highest BCUT2D eigenvalue weighted by molar-refractivity contribution is 5.85. The zero-order valence-electron chi connectivity index (χ0n) is 15.4. The first kappa shape index (κ1) is 18.4. The Morgan fingerprint density at radius 2 is 2.12 bits per heavy atom. The smallest absolute Gasteiger partial charge is 0.241 e. The number of fused-ring (bicyclic) bond motifs is 1. The number of carbonyl (C=O) groups excluding carboxylic acids is 2. The van der Waals surface area contributed by atoms with Gasteiger partial charge in [0.15, 0.2) is 0 Å². The molecule has 1 aromatic heterocycles. The Hall–Kier alpha value is -2.41. The number of carbonyl (C=O) groups is 2. The molecule has 0 spiro atoms. The predicted octanol–water partition coefficient (Wildman–Crippen LogP) is 1.40. The molecule has 1 aliphatic heterocycles. The molecule has 3 rings (SSSR count). The number of nitrogens with two attached hydrogens (primary N) is 1. The van der Waals surface area contributed by atoms with E-state index in [0.29, 0.717) is 12.6 Å². The molecule has 7 nitrogen and oxygen atoms in total. The fraction of sp³-hybridized carbons (Fsp3) is 0.526. The monoisotopic (exact) mass is 357 g/mol. The second-order valence-electron chi connectivity index (χ2n) is 7.08. The van der Waals surface area contributed by atoms with Crippen molar-refractivity contribution < 1.29 is 9.59 Å². The lowest BCUT2D eigenvalue weighted by Gasteiger charge is -2.33. The van der Waals surface area contributed by atoms with Crippen molar-refractivity contribution >= 4 is 22.8 Å². The zero-order chi connectivity index (χ0) is 18.7. The summed E-state index contributed by atoms with van der Waals surface area (Å²) < 4.78 is 2.28. The van der Waals surface area contributed by atoms with Gasteiger partial charge in [0.05, 0.1) is 24.1 Å². The molecule has 1 aliphatic rings. The second-order valence-corrected chi connectivity index (χ2v) is 7.08. The van der Waals surface area contributed by atoms with Gasteiger partial charge in [-0.1, -0.05) is 12.1 Å². The number of hydrogen-bond acceptors (Lipinski definition) is 4.